The molecule has 0 spiro atoms. The fourth-order valence-electron chi connectivity index (χ4n) is 1.06. The highest BCUT2D eigenvalue weighted by atomic mass is 32.2. The van der Waals surface area contributed by atoms with E-state index in [0.29, 0.717) is 6.42 Å². The van der Waals surface area contributed by atoms with E-state index in [1.807, 2.05) is 0 Å². The Balaban J connectivity index is 4.01. The van der Waals surface area contributed by atoms with Crippen LogP contribution in [-0.4, -0.2) is 34.8 Å². The van der Waals surface area contributed by atoms with Gasteiger partial charge in [0.15, 0.2) is 5.84 Å². The van der Waals surface area contributed by atoms with Crippen molar-refractivity contribution in [3.8, 4) is 0 Å². The molecular weight excluding hydrogens is 259 g/mol. The number of carbonyl (C=O) groups is 1. The molecule has 9 heteroatoms. The van der Waals surface area contributed by atoms with E-state index in [9.17, 15) is 18.0 Å². The molecule has 0 bridgehead atoms. The van der Waals surface area contributed by atoms with E-state index in [0.717, 1.165) is 0 Å². The van der Waals surface area contributed by atoms with Crippen molar-refractivity contribution in [1.82, 2.24) is 5.32 Å². The maximum Gasteiger partial charge on any atom is 0.441 e. The number of oxime groups is 1. The minimum atomic E-state index is -4.31. The normalized spacial score (nSPS) is 14.5. The Hall–Kier alpha value is -1.12. The summed E-state index contributed by atoms with van der Waals surface area (Å²) in [5.74, 6) is -1.91. The van der Waals surface area contributed by atoms with Crippen molar-refractivity contribution in [3.05, 3.63) is 0 Å². The number of hydrogen-bond acceptors (Lipinski definition) is 4. The highest BCUT2D eigenvalue weighted by Crippen LogP contribution is 2.29. The third kappa shape index (κ3) is 6.93. The van der Waals surface area contributed by atoms with Crippen LogP contribution in [0.3, 0.4) is 0 Å². The van der Waals surface area contributed by atoms with Gasteiger partial charge in [0.1, 0.15) is 0 Å². The van der Waals surface area contributed by atoms with Crippen molar-refractivity contribution >= 4 is 23.5 Å². The smallest absolute Gasteiger partial charge is 0.409 e. The molecule has 0 aromatic heterocycles. The molecular formula is C8H14F3N3O2S. The van der Waals surface area contributed by atoms with E-state index < -0.39 is 17.3 Å². The topological polar surface area (TPSA) is 87.7 Å². The molecule has 0 aromatic carbocycles. The van der Waals surface area contributed by atoms with Gasteiger partial charge in [0.2, 0.25) is 5.91 Å². The summed E-state index contributed by atoms with van der Waals surface area (Å²) in [5, 5.41) is 13.4. The molecule has 1 unspecified atom stereocenters. The number of alkyl halides is 3. The lowest BCUT2D eigenvalue weighted by Crippen LogP contribution is -2.39. The van der Waals surface area contributed by atoms with Gasteiger partial charge >= 0.3 is 5.51 Å². The van der Waals surface area contributed by atoms with Crippen LogP contribution >= 0.6 is 11.8 Å². The first-order chi connectivity index (χ1) is 7.81. The molecule has 0 radical (unpaired) electrons. The van der Waals surface area contributed by atoms with E-state index in [4.69, 9.17) is 10.9 Å². The van der Waals surface area contributed by atoms with Crippen molar-refractivity contribution in [2.45, 2.75) is 18.9 Å². The van der Waals surface area contributed by atoms with Crippen LogP contribution in [0.2, 0.25) is 0 Å². The number of hydrogen-bond donors (Lipinski definition) is 3. The molecule has 5 nitrogen and oxygen atoms in total. The number of halogens is 3. The molecule has 0 aliphatic heterocycles. The van der Waals surface area contributed by atoms with Crippen LogP contribution in [-0.2, 0) is 4.79 Å². The molecule has 100 valence electrons. The van der Waals surface area contributed by atoms with E-state index in [-0.39, 0.29) is 29.9 Å². The second-order valence-corrected chi connectivity index (χ2v) is 4.23. The van der Waals surface area contributed by atoms with Gasteiger partial charge in [0.25, 0.3) is 0 Å². The van der Waals surface area contributed by atoms with Crippen LogP contribution < -0.4 is 11.1 Å². The predicted molar refractivity (Wildman–Crippen MR) is 58.7 cm³/mol. The van der Waals surface area contributed by atoms with Crippen LogP contribution in [0.15, 0.2) is 5.16 Å². The molecule has 1 atom stereocenters. The predicted octanol–water partition coefficient (Wildman–Crippen LogP) is 1.13. The standard InChI is InChI=1S/C8H14F3N3O2S/c1-2-5(6(12)14-16)7(15)13-3-4-17-8(9,10)11/h5,16H,2-4H2,1H3,(H2,12,14)(H,13,15). The van der Waals surface area contributed by atoms with E-state index in [1.165, 1.54) is 0 Å². The van der Waals surface area contributed by atoms with Crippen LogP contribution in [0.1, 0.15) is 13.3 Å². The van der Waals surface area contributed by atoms with Crippen molar-refractivity contribution < 1.29 is 23.2 Å². The maximum absolute atomic E-state index is 11.8. The van der Waals surface area contributed by atoms with Crippen LogP contribution in [0.4, 0.5) is 13.2 Å². The van der Waals surface area contributed by atoms with Crippen molar-refractivity contribution in [3.63, 3.8) is 0 Å². The third-order valence-corrected chi connectivity index (χ3v) is 2.60. The molecule has 0 aliphatic carbocycles. The summed E-state index contributed by atoms with van der Waals surface area (Å²) in [6.45, 7) is 1.52. The number of thioether (sulfide) groups is 1. The zero-order valence-corrected chi connectivity index (χ0v) is 9.94. The third-order valence-electron chi connectivity index (χ3n) is 1.86. The first kappa shape index (κ1) is 15.9. The fourth-order valence-corrected chi connectivity index (χ4v) is 1.50. The first-order valence-corrected chi connectivity index (χ1v) is 5.76. The van der Waals surface area contributed by atoms with Crippen molar-refractivity contribution in [1.29, 1.82) is 0 Å². The summed E-state index contributed by atoms with van der Waals surface area (Å²) < 4.78 is 35.3. The fraction of sp³-hybridized carbons (Fsp3) is 0.750. The summed E-state index contributed by atoms with van der Waals surface area (Å²) in [4.78, 5) is 11.4. The van der Waals surface area contributed by atoms with Crippen LogP contribution in [0.5, 0.6) is 0 Å². The molecule has 17 heavy (non-hydrogen) atoms. The number of nitrogens with one attached hydrogen (secondary N) is 1. The monoisotopic (exact) mass is 273 g/mol. The van der Waals surface area contributed by atoms with Gasteiger partial charge in [-0.1, -0.05) is 12.1 Å². The second-order valence-electron chi connectivity index (χ2n) is 3.07. The number of amidine groups is 1. The molecule has 0 saturated carbocycles. The van der Waals surface area contributed by atoms with Gasteiger partial charge in [-0.15, -0.1) is 0 Å². The molecule has 4 N–H and O–H groups in total. The highest BCUT2D eigenvalue weighted by Gasteiger charge is 2.28. The van der Waals surface area contributed by atoms with Gasteiger partial charge in [-0.3, -0.25) is 4.79 Å². The summed E-state index contributed by atoms with van der Waals surface area (Å²) in [6.07, 6.45) is 0.300. The molecule has 0 aliphatic rings. The Morgan fingerprint density at radius 2 is 2.18 bits per heavy atom. The van der Waals surface area contributed by atoms with Crippen LogP contribution in [0.25, 0.3) is 0 Å². The van der Waals surface area contributed by atoms with Gasteiger partial charge in [-0.25, -0.2) is 0 Å². The number of nitrogens with two attached hydrogens (primary N) is 1. The quantitative estimate of drug-likeness (QED) is 0.222. The molecule has 0 saturated heterocycles. The Labute approximate surface area is 101 Å². The summed E-state index contributed by atoms with van der Waals surface area (Å²) in [6, 6.07) is 0. The zero-order chi connectivity index (χ0) is 13.5. The number of carbonyl (C=O) groups excluding carboxylic acids is 1. The minimum Gasteiger partial charge on any atom is -0.409 e. The van der Waals surface area contributed by atoms with Gasteiger partial charge in [-0.05, 0) is 18.2 Å². The highest BCUT2D eigenvalue weighted by molar-refractivity contribution is 8.00. The molecule has 0 fully saturated rings. The van der Waals surface area contributed by atoms with Gasteiger partial charge < -0.3 is 16.3 Å². The SMILES string of the molecule is CCC(C(=O)NCCSC(F)(F)F)C(N)=NO. The number of amides is 1. The Kier molecular flexibility index (Phi) is 6.78. The first-order valence-electron chi connectivity index (χ1n) is 4.77. The summed E-state index contributed by atoms with van der Waals surface area (Å²) >= 11 is -0.217. The molecule has 0 aromatic rings. The maximum atomic E-state index is 11.8. The van der Waals surface area contributed by atoms with Crippen molar-refractivity contribution in [2.24, 2.45) is 16.8 Å². The van der Waals surface area contributed by atoms with E-state index in [2.05, 4.69) is 10.5 Å². The van der Waals surface area contributed by atoms with Crippen LogP contribution in [0, 0.1) is 5.92 Å². The lowest BCUT2D eigenvalue weighted by Gasteiger charge is -2.13. The number of rotatable bonds is 6. The van der Waals surface area contributed by atoms with E-state index >= 15 is 0 Å². The van der Waals surface area contributed by atoms with Gasteiger partial charge in [0, 0.05) is 12.3 Å². The number of nitrogens with zero attached hydrogens (tertiary/aromatic N) is 1. The minimum absolute atomic E-state index is 0.127. The van der Waals surface area contributed by atoms with Crippen molar-refractivity contribution in [2.75, 3.05) is 12.3 Å². The Morgan fingerprint density at radius 1 is 1.59 bits per heavy atom. The summed E-state index contributed by atoms with van der Waals surface area (Å²) in [7, 11) is 0. The molecule has 0 rings (SSSR count). The average molecular weight is 273 g/mol. The zero-order valence-electron chi connectivity index (χ0n) is 9.12. The Morgan fingerprint density at radius 3 is 2.59 bits per heavy atom. The van der Waals surface area contributed by atoms with Gasteiger partial charge in [-0.2, -0.15) is 13.2 Å². The summed E-state index contributed by atoms with van der Waals surface area (Å²) in [5.41, 5.74) is 0.951. The molecule has 0 heterocycles. The van der Waals surface area contributed by atoms with E-state index in [1.54, 1.807) is 6.92 Å². The second kappa shape index (κ2) is 7.25. The lowest BCUT2D eigenvalue weighted by atomic mass is 10.1. The largest absolute Gasteiger partial charge is 0.441 e. The lowest BCUT2D eigenvalue weighted by molar-refractivity contribution is -0.123. The molecule has 1 amide bonds. The van der Waals surface area contributed by atoms with Gasteiger partial charge in [0.05, 0.1) is 5.92 Å². The Bertz CT molecular complexity index is 284. The average Bonchev–Trinajstić information content (AvgIpc) is 2.23.